The summed E-state index contributed by atoms with van der Waals surface area (Å²) in [5.41, 5.74) is 7.62. The van der Waals surface area contributed by atoms with Crippen LogP contribution in [0.5, 0.6) is 11.6 Å². The normalized spacial score (nSPS) is 10.4. The zero-order valence-electron chi connectivity index (χ0n) is 10.7. The van der Waals surface area contributed by atoms with Crippen molar-refractivity contribution >= 4 is 0 Å². The molecular formula is C14H17N3O. The molecule has 0 fully saturated rings. The maximum atomic E-state index is 5.79. The van der Waals surface area contributed by atoms with Crippen molar-refractivity contribution in [1.29, 1.82) is 0 Å². The summed E-state index contributed by atoms with van der Waals surface area (Å²) in [5.74, 6) is 2.04. The summed E-state index contributed by atoms with van der Waals surface area (Å²) >= 11 is 0. The summed E-state index contributed by atoms with van der Waals surface area (Å²) in [4.78, 5) is 8.60. The Kier molecular flexibility index (Phi) is 3.89. The van der Waals surface area contributed by atoms with Crippen LogP contribution in [0.4, 0.5) is 0 Å². The van der Waals surface area contributed by atoms with E-state index >= 15 is 0 Å². The van der Waals surface area contributed by atoms with Crippen LogP contribution in [-0.4, -0.2) is 9.97 Å². The van der Waals surface area contributed by atoms with Gasteiger partial charge in [-0.3, -0.25) is 0 Å². The minimum absolute atomic E-state index is 0.445. The summed E-state index contributed by atoms with van der Waals surface area (Å²) in [7, 11) is 0. The van der Waals surface area contributed by atoms with E-state index in [1.165, 1.54) is 0 Å². The molecule has 4 heteroatoms. The first-order valence-electron chi connectivity index (χ1n) is 6.03. The number of hydrogen-bond acceptors (Lipinski definition) is 4. The van der Waals surface area contributed by atoms with Crippen LogP contribution in [0.2, 0.25) is 0 Å². The van der Waals surface area contributed by atoms with Gasteiger partial charge in [-0.2, -0.15) is 4.98 Å². The Bertz CT molecular complexity index is 540. The van der Waals surface area contributed by atoms with Crippen molar-refractivity contribution < 1.29 is 4.74 Å². The highest BCUT2D eigenvalue weighted by Crippen LogP contribution is 2.24. The van der Waals surface area contributed by atoms with Gasteiger partial charge in [0, 0.05) is 23.9 Å². The van der Waals surface area contributed by atoms with Crippen LogP contribution in [0.3, 0.4) is 0 Å². The Morgan fingerprint density at radius 1 is 1.22 bits per heavy atom. The zero-order valence-corrected chi connectivity index (χ0v) is 10.7. The predicted octanol–water partition coefficient (Wildman–Crippen LogP) is 2.60. The van der Waals surface area contributed by atoms with Gasteiger partial charge >= 0.3 is 0 Å². The van der Waals surface area contributed by atoms with E-state index in [2.05, 4.69) is 16.9 Å². The number of ether oxygens (including phenoxy) is 1. The molecule has 0 aliphatic carbocycles. The number of aromatic nitrogens is 2. The molecule has 0 saturated heterocycles. The van der Waals surface area contributed by atoms with Crippen molar-refractivity contribution in [1.82, 2.24) is 9.97 Å². The average Bonchev–Trinajstić information content (AvgIpc) is 2.38. The van der Waals surface area contributed by atoms with Gasteiger partial charge in [-0.05, 0) is 19.4 Å². The minimum atomic E-state index is 0.445. The molecule has 2 aromatic rings. The molecule has 0 amide bonds. The van der Waals surface area contributed by atoms with Crippen molar-refractivity contribution in [2.24, 2.45) is 5.73 Å². The number of aryl methyl sites for hydroxylation is 2. The highest BCUT2D eigenvalue weighted by Gasteiger charge is 2.06. The fraction of sp³-hybridized carbons (Fsp3) is 0.286. The lowest BCUT2D eigenvalue weighted by Crippen LogP contribution is -2.01. The van der Waals surface area contributed by atoms with Gasteiger partial charge in [0.2, 0.25) is 5.88 Å². The molecule has 0 aliphatic rings. The smallest absolute Gasteiger partial charge is 0.222 e. The van der Waals surface area contributed by atoms with Gasteiger partial charge in [0.25, 0.3) is 0 Å². The largest absolute Gasteiger partial charge is 0.439 e. The van der Waals surface area contributed by atoms with E-state index in [-0.39, 0.29) is 0 Å². The maximum absolute atomic E-state index is 5.79. The predicted molar refractivity (Wildman–Crippen MR) is 70.6 cm³/mol. The number of nitrogens with two attached hydrogens (primary N) is 1. The first-order valence-corrected chi connectivity index (χ1v) is 6.03. The number of rotatable bonds is 4. The van der Waals surface area contributed by atoms with Crippen LogP contribution < -0.4 is 10.5 Å². The van der Waals surface area contributed by atoms with Crippen molar-refractivity contribution in [2.45, 2.75) is 26.8 Å². The Hall–Kier alpha value is -1.94. The molecule has 4 nitrogen and oxygen atoms in total. The molecule has 94 valence electrons. The van der Waals surface area contributed by atoms with Gasteiger partial charge in [-0.1, -0.05) is 25.1 Å². The molecule has 1 aromatic heterocycles. The van der Waals surface area contributed by atoms with Gasteiger partial charge in [-0.15, -0.1) is 0 Å². The van der Waals surface area contributed by atoms with Crippen LogP contribution >= 0.6 is 0 Å². The quantitative estimate of drug-likeness (QED) is 0.896. The molecule has 1 aromatic carbocycles. The summed E-state index contributed by atoms with van der Waals surface area (Å²) < 4.78 is 5.79. The highest BCUT2D eigenvalue weighted by molar-refractivity contribution is 5.36. The Labute approximate surface area is 107 Å². The topological polar surface area (TPSA) is 61.0 Å². The molecule has 0 radical (unpaired) electrons. The lowest BCUT2D eigenvalue weighted by atomic mass is 10.2. The van der Waals surface area contributed by atoms with E-state index in [4.69, 9.17) is 10.5 Å². The molecule has 0 bridgehead atoms. The van der Waals surface area contributed by atoms with Crippen LogP contribution in [-0.2, 0) is 13.0 Å². The first-order chi connectivity index (χ1) is 8.72. The van der Waals surface area contributed by atoms with Gasteiger partial charge in [-0.25, -0.2) is 4.98 Å². The number of para-hydroxylation sites is 1. The molecule has 2 rings (SSSR count). The molecule has 18 heavy (non-hydrogen) atoms. The Balaban J connectivity index is 2.30. The molecule has 0 atom stereocenters. The van der Waals surface area contributed by atoms with E-state index in [0.29, 0.717) is 12.4 Å². The third kappa shape index (κ3) is 2.84. The highest BCUT2D eigenvalue weighted by atomic mass is 16.5. The molecule has 0 unspecified atom stereocenters. The van der Waals surface area contributed by atoms with Crippen LogP contribution in [0.15, 0.2) is 30.3 Å². The minimum Gasteiger partial charge on any atom is -0.439 e. The fourth-order valence-corrected chi connectivity index (χ4v) is 1.72. The van der Waals surface area contributed by atoms with Gasteiger partial charge in [0.15, 0.2) is 0 Å². The van der Waals surface area contributed by atoms with E-state index in [1.54, 1.807) is 0 Å². The van der Waals surface area contributed by atoms with Gasteiger partial charge in [0.05, 0.1) is 0 Å². The Morgan fingerprint density at radius 3 is 2.72 bits per heavy atom. The van der Waals surface area contributed by atoms with E-state index in [9.17, 15) is 0 Å². The molecule has 0 aliphatic heterocycles. The molecule has 1 heterocycles. The molecular weight excluding hydrogens is 226 g/mol. The van der Waals surface area contributed by atoms with Gasteiger partial charge in [0.1, 0.15) is 11.6 Å². The van der Waals surface area contributed by atoms with Crippen LogP contribution in [0.25, 0.3) is 0 Å². The number of benzene rings is 1. The summed E-state index contributed by atoms with van der Waals surface area (Å²) in [6.07, 6.45) is 0.859. The number of nitrogens with zero attached hydrogens (tertiary/aromatic N) is 2. The standard InChI is InChI=1S/C14H17N3O/c1-3-12-8-14(17-10(2)16-12)18-13-7-5-4-6-11(13)9-15/h4-8H,3,9,15H2,1-2H3. The fourth-order valence-electron chi connectivity index (χ4n) is 1.72. The van der Waals surface area contributed by atoms with E-state index < -0.39 is 0 Å². The average molecular weight is 243 g/mol. The van der Waals surface area contributed by atoms with Gasteiger partial charge < -0.3 is 10.5 Å². The molecule has 2 N–H and O–H groups in total. The summed E-state index contributed by atoms with van der Waals surface area (Å²) in [6, 6.07) is 9.57. The second kappa shape index (κ2) is 5.60. The number of hydrogen-bond donors (Lipinski definition) is 1. The van der Waals surface area contributed by atoms with E-state index in [1.807, 2.05) is 37.3 Å². The second-order valence-electron chi connectivity index (χ2n) is 4.01. The zero-order chi connectivity index (χ0) is 13.0. The maximum Gasteiger partial charge on any atom is 0.222 e. The second-order valence-corrected chi connectivity index (χ2v) is 4.01. The lowest BCUT2D eigenvalue weighted by Gasteiger charge is -2.10. The molecule has 0 saturated carbocycles. The third-order valence-electron chi connectivity index (χ3n) is 2.64. The monoisotopic (exact) mass is 243 g/mol. The SMILES string of the molecule is CCc1cc(Oc2ccccc2CN)nc(C)n1. The summed E-state index contributed by atoms with van der Waals surface area (Å²) in [6.45, 7) is 4.36. The lowest BCUT2D eigenvalue weighted by molar-refractivity contribution is 0.453. The Morgan fingerprint density at radius 2 is 2.00 bits per heavy atom. The first kappa shape index (κ1) is 12.5. The third-order valence-corrected chi connectivity index (χ3v) is 2.64. The van der Waals surface area contributed by atoms with Crippen molar-refractivity contribution in [3.63, 3.8) is 0 Å². The summed E-state index contributed by atoms with van der Waals surface area (Å²) in [5, 5.41) is 0. The van der Waals surface area contributed by atoms with Crippen molar-refractivity contribution in [3.8, 4) is 11.6 Å². The van der Waals surface area contributed by atoms with Crippen LogP contribution in [0.1, 0.15) is 24.0 Å². The van der Waals surface area contributed by atoms with Crippen molar-refractivity contribution in [2.75, 3.05) is 0 Å². The van der Waals surface area contributed by atoms with Crippen LogP contribution in [0, 0.1) is 6.92 Å². The molecule has 0 spiro atoms. The van der Waals surface area contributed by atoms with Crippen molar-refractivity contribution in [3.05, 3.63) is 47.4 Å². The van der Waals surface area contributed by atoms with E-state index in [0.717, 1.165) is 29.3 Å².